The molecule has 4 rings (SSSR count). The highest BCUT2D eigenvalue weighted by molar-refractivity contribution is 7.13. The van der Waals surface area contributed by atoms with Gasteiger partial charge in [0.05, 0.1) is 28.7 Å². The van der Waals surface area contributed by atoms with Gasteiger partial charge < -0.3 is 15.0 Å². The minimum atomic E-state index is -0.118. The smallest absolute Gasteiger partial charge is 0.309 e. The molecule has 1 N–H and O–H groups in total. The number of likely N-dealkylation sites (N-methyl/N-ethyl adjacent to an activating group) is 1. The maximum absolute atomic E-state index is 13.3. The lowest BCUT2D eigenvalue weighted by Gasteiger charge is -2.33. The lowest BCUT2D eigenvalue weighted by atomic mass is 9.96. The maximum atomic E-state index is 13.3. The monoisotopic (exact) mass is 484 g/mol. The van der Waals surface area contributed by atoms with Crippen LogP contribution in [0.15, 0.2) is 23.6 Å². The third-order valence-corrected chi connectivity index (χ3v) is 7.99. The second-order valence-corrected chi connectivity index (χ2v) is 10.1. The number of pyridine rings is 1. The molecule has 0 aliphatic carbocycles. The summed E-state index contributed by atoms with van der Waals surface area (Å²) >= 11 is 1.66. The van der Waals surface area contributed by atoms with Gasteiger partial charge in [0.15, 0.2) is 0 Å². The molecule has 2 aromatic rings. The van der Waals surface area contributed by atoms with Crippen molar-refractivity contribution in [2.45, 2.75) is 52.5 Å². The number of anilines is 1. The summed E-state index contributed by atoms with van der Waals surface area (Å²) in [4.78, 5) is 36.1. The fraction of sp³-hybridized carbons (Fsp3) is 0.577. The largest absolute Gasteiger partial charge is 0.466 e. The molecule has 4 heterocycles. The topological polar surface area (TPSA) is 74.8 Å². The highest BCUT2D eigenvalue weighted by Crippen LogP contribution is 2.31. The number of hydrogen-bond donors (Lipinski definition) is 1. The van der Waals surface area contributed by atoms with Gasteiger partial charge in [0, 0.05) is 25.7 Å². The van der Waals surface area contributed by atoms with E-state index in [-0.39, 0.29) is 17.8 Å². The van der Waals surface area contributed by atoms with E-state index in [1.165, 1.54) is 12.0 Å². The van der Waals surface area contributed by atoms with Crippen LogP contribution in [0.1, 0.15) is 55.5 Å². The number of rotatable bonds is 8. The van der Waals surface area contributed by atoms with E-state index in [2.05, 4.69) is 40.4 Å². The van der Waals surface area contributed by atoms with Crippen molar-refractivity contribution in [3.05, 3.63) is 34.7 Å². The number of nitrogens with one attached hydrogen (secondary N) is 1. The van der Waals surface area contributed by atoms with Crippen LogP contribution in [-0.4, -0.2) is 67.1 Å². The molecule has 2 aliphatic heterocycles. The standard InChI is InChI=1S/C26H36N4O3S/c1-4-29-12-6-7-20(29)16-27-25(31)21-8-9-22(23-15-18(3)17-34-23)28-24(21)30-13-10-19(11-14-30)26(32)33-5-2/h8-9,15,17,19-20H,4-7,10-14,16H2,1-3H3,(H,27,31)/t20-/m0/s1. The normalized spacial score (nSPS) is 19.4. The number of aromatic nitrogens is 1. The fourth-order valence-corrected chi connectivity index (χ4v) is 5.87. The second-order valence-electron chi connectivity index (χ2n) is 9.20. The summed E-state index contributed by atoms with van der Waals surface area (Å²) < 4.78 is 5.22. The highest BCUT2D eigenvalue weighted by atomic mass is 32.1. The number of esters is 1. The van der Waals surface area contributed by atoms with Gasteiger partial charge in [0.1, 0.15) is 5.82 Å². The van der Waals surface area contributed by atoms with Crippen LogP contribution in [0.5, 0.6) is 0 Å². The molecule has 184 valence electrons. The van der Waals surface area contributed by atoms with Crippen molar-refractivity contribution < 1.29 is 14.3 Å². The van der Waals surface area contributed by atoms with Crippen LogP contribution in [-0.2, 0) is 9.53 Å². The molecule has 2 aromatic heterocycles. The van der Waals surface area contributed by atoms with E-state index in [4.69, 9.17) is 9.72 Å². The van der Waals surface area contributed by atoms with Gasteiger partial charge in [-0.1, -0.05) is 6.92 Å². The molecule has 1 amide bonds. The molecule has 2 aliphatic rings. The molecule has 2 saturated heterocycles. The summed E-state index contributed by atoms with van der Waals surface area (Å²) in [5.41, 5.74) is 2.69. The maximum Gasteiger partial charge on any atom is 0.309 e. The minimum Gasteiger partial charge on any atom is -0.466 e. The summed E-state index contributed by atoms with van der Waals surface area (Å²) in [6, 6.07) is 6.39. The van der Waals surface area contributed by atoms with Crippen LogP contribution in [0.2, 0.25) is 0 Å². The number of piperidine rings is 1. The number of hydrogen-bond acceptors (Lipinski definition) is 7. The van der Waals surface area contributed by atoms with E-state index in [0.29, 0.717) is 56.5 Å². The minimum absolute atomic E-state index is 0.0770. The average Bonchev–Trinajstić information content (AvgIpc) is 3.51. The molecule has 0 unspecified atom stereocenters. The first-order chi connectivity index (χ1) is 16.5. The lowest BCUT2D eigenvalue weighted by molar-refractivity contribution is -0.148. The van der Waals surface area contributed by atoms with Gasteiger partial charge in [-0.3, -0.25) is 14.5 Å². The molecule has 0 bridgehead atoms. The Morgan fingerprint density at radius 2 is 1.97 bits per heavy atom. The van der Waals surface area contributed by atoms with Crippen molar-refractivity contribution in [2.24, 2.45) is 5.92 Å². The molecule has 34 heavy (non-hydrogen) atoms. The summed E-state index contributed by atoms with van der Waals surface area (Å²) in [6.45, 7) is 10.6. The zero-order chi connectivity index (χ0) is 24.1. The lowest BCUT2D eigenvalue weighted by Crippen LogP contribution is -2.41. The van der Waals surface area contributed by atoms with Crippen molar-refractivity contribution in [1.29, 1.82) is 0 Å². The summed E-state index contributed by atoms with van der Waals surface area (Å²) in [7, 11) is 0. The van der Waals surface area contributed by atoms with Crippen LogP contribution in [0, 0.1) is 12.8 Å². The molecule has 0 saturated carbocycles. The van der Waals surface area contributed by atoms with E-state index < -0.39 is 0 Å². The molecule has 2 fully saturated rings. The Morgan fingerprint density at radius 3 is 2.65 bits per heavy atom. The quantitative estimate of drug-likeness (QED) is 0.569. The number of likely N-dealkylation sites (tertiary alicyclic amines) is 1. The SMILES string of the molecule is CCOC(=O)C1CCN(c2nc(-c3cc(C)cs3)ccc2C(=O)NC[C@@H]2CCCN2CC)CC1. The number of amides is 1. The number of aryl methyl sites for hydroxylation is 1. The Bertz CT molecular complexity index is 1000. The highest BCUT2D eigenvalue weighted by Gasteiger charge is 2.30. The second kappa shape index (κ2) is 11.3. The molecule has 8 heteroatoms. The van der Waals surface area contributed by atoms with Crippen LogP contribution in [0.4, 0.5) is 5.82 Å². The Kier molecular flexibility index (Phi) is 8.21. The predicted molar refractivity (Wildman–Crippen MR) is 136 cm³/mol. The average molecular weight is 485 g/mol. The zero-order valence-electron chi connectivity index (χ0n) is 20.5. The Hall–Kier alpha value is -2.45. The Balaban J connectivity index is 1.53. The van der Waals surface area contributed by atoms with Crippen LogP contribution < -0.4 is 10.2 Å². The van der Waals surface area contributed by atoms with Crippen LogP contribution in [0.3, 0.4) is 0 Å². The van der Waals surface area contributed by atoms with E-state index >= 15 is 0 Å². The summed E-state index contributed by atoms with van der Waals surface area (Å²) in [5.74, 6) is 0.431. The number of ether oxygens (including phenoxy) is 1. The van der Waals surface area contributed by atoms with Gasteiger partial charge in [-0.2, -0.15) is 0 Å². The number of thiophene rings is 1. The zero-order valence-corrected chi connectivity index (χ0v) is 21.3. The molecular formula is C26H36N4O3S. The number of nitrogens with zero attached hydrogens (tertiary/aromatic N) is 3. The van der Waals surface area contributed by atoms with Gasteiger partial charge in [-0.15, -0.1) is 11.3 Å². The van der Waals surface area contributed by atoms with Crippen molar-refractivity contribution in [3.63, 3.8) is 0 Å². The molecule has 7 nitrogen and oxygen atoms in total. The van der Waals surface area contributed by atoms with Gasteiger partial charge in [0.25, 0.3) is 5.91 Å². The molecule has 0 radical (unpaired) electrons. The van der Waals surface area contributed by atoms with E-state index in [0.717, 1.165) is 30.1 Å². The number of carbonyl (C=O) groups is 2. The van der Waals surface area contributed by atoms with E-state index in [1.54, 1.807) is 11.3 Å². The van der Waals surface area contributed by atoms with E-state index in [1.807, 2.05) is 19.1 Å². The first-order valence-electron chi connectivity index (χ1n) is 12.5. The first kappa shape index (κ1) is 24.7. The number of carbonyl (C=O) groups excluding carboxylic acids is 2. The van der Waals surface area contributed by atoms with Crippen molar-refractivity contribution in [3.8, 4) is 10.6 Å². The molecular weight excluding hydrogens is 448 g/mol. The van der Waals surface area contributed by atoms with Crippen LogP contribution >= 0.6 is 11.3 Å². The fourth-order valence-electron chi connectivity index (χ4n) is 5.00. The van der Waals surface area contributed by atoms with Gasteiger partial charge in [-0.25, -0.2) is 4.98 Å². The van der Waals surface area contributed by atoms with E-state index in [9.17, 15) is 9.59 Å². The van der Waals surface area contributed by atoms with Crippen molar-refractivity contribution in [2.75, 3.05) is 44.2 Å². The third-order valence-electron chi connectivity index (χ3n) is 6.92. The van der Waals surface area contributed by atoms with Gasteiger partial charge in [-0.05, 0) is 81.8 Å². The predicted octanol–water partition coefficient (Wildman–Crippen LogP) is 4.11. The van der Waals surface area contributed by atoms with Crippen molar-refractivity contribution in [1.82, 2.24) is 15.2 Å². The first-order valence-corrected chi connectivity index (χ1v) is 13.4. The Labute approximate surface area is 206 Å². The van der Waals surface area contributed by atoms with Gasteiger partial charge >= 0.3 is 5.97 Å². The molecule has 1 atom stereocenters. The van der Waals surface area contributed by atoms with Gasteiger partial charge in [0.2, 0.25) is 0 Å². The molecule has 0 aromatic carbocycles. The summed E-state index contributed by atoms with van der Waals surface area (Å²) in [6.07, 6.45) is 3.72. The summed E-state index contributed by atoms with van der Waals surface area (Å²) in [5, 5.41) is 5.29. The van der Waals surface area contributed by atoms with Crippen molar-refractivity contribution >= 4 is 29.0 Å². The molecule has 0 spiro atoms. The van der Waals surface area contributed by atoms with Crippen LogP contribution in [0.25, 0.3) is 10.6 Å². The third kappa shape index (κ3) is 5.61. The Morgan fingerprint density at radius 1 is 1.18 bits per heavy atom.